The molecule has 4 unspecified atom stereocenters. The summed E-state index contributed by atoms with van der Waals surface area (Å²) < 4.78 is 45.0. The van der Waals surface area contributed by atoms with Gasteiger partial charge in [0.05, 0.1) is 34.2 Å². The third-order valence-electron chi connectivity index (χ3n) is 17.3. The van der Waals surface area contributed by atoms with Gasteiger partial charge in [-0.2, -0.15) is 0 Å². The number of hydrogen-bond donors (Lipinski definition) is 0. The predicted octanol–water partition coefficient (Wildman–Crippen LogP) is 20.2. The Balaban J connectivity index is 1.48. The molecule has 0 bridgehead atoms. The van der Waals surface area contributed by atoms with Crippen molar-refractivity contribution >= 4 is 29.0 Å². The third kappa shape index (κ3) is 16.1. The van der Waals surface area contributed by atoms with Crippen molar-refractivity contribution in [2.24, 2.45) is 71.0 Å². The van der Waals surface area contributed by atoms with Gasteiger partial charge >= 0.3 is 17.2 Å². The molecular formula is C62H104O6P2S. The summed E-state index contributed by atoms with van der Waals surface area (Å²) in [5.74, 6) is 8.09. The largest absolute Gasteiger partial charge is 0.425 e. The summed E-state index contributed by atoms with van der Waals surface area (Å²) in [4.78, 5) is 2.13. The van der Waals surface area contributed by atoms with Gasteiger partial charge in [0.25, 0.3) is 0 Å². The van der Waals surface area contributed by atoms with Crippen LogP contribution in [-0.2, 0) is 28.9 Å². The highest BCUT2D eigenvalue weighted by molar-refractivity contribution is 7.99. The highest BCUT2D eigenvalue weighted by atomic mass is 32.2. The van der Waals surface area contributed by atoms with Gasteiger partial charge in [-0.25, -0.2) is 0 Å². The zero-order valence-electron chi connectivity index (χ0n) is 48.8. The molecule has 0 aliphatic heterocycles. The Morgan fingerprint density at radius 1 is 0.423 bits per heavy atom. The van der Waals surface area contributed by atoms with E-state index < -0.39 is 17.2 Å². The first-order valence-corrected chi connectivity index (χ1v) is 31.8. The minimum atomic E-state index is -1.77. The summed E-state index contributed by atoms with van der Waals surface area (Å²) in [5.41, 5.74) is 4.32. The second-order valence-electron chi connectivity index (χ2n) is 27.4. The van der Waals surface area contributed by atoms with Crippen molar-refractivity contribution < 1.29 is 27.1 Å². The fourth-order valence-electron chi connectivity index (χ4n) is 12.7. The zero-order valence-corrected chi connectivity index (χ0v) is 51.4. The molecule has 6 nitrogen and oxygen atoms in total. The molecule has 71 heavy (non-hydrogen) atoms. The van der Waals surface area contributed by atoms with E-state index in [0.29, 0.717) is 71.0 Å². The van der Waals surface area contributed by atoms with Gasteiger partial charge in [0.2, 0.25) is 0 Å². The maximum atomic E-state index is 7.61. The molecule has 9 heteroatoms. The van der Waals surface area contributed by atoms with Gasteiger partial charge in [-0.1, -0.05) is 174 Å². The van der Waals surface area contributed by atoms with Crippen molar-refractivity contribution in [2.75, 3.05) is 0 Å². The van der Waals surface area contributed by atoms with Crippen LogP contribution in [0.15, 0.2) is 34.1 Å². The molecule has 0 saturated heterocycles. The van der Waals surface area contributed by atoms with Crippen molar-refractivity contribution in [3.8, 4) is 11.5 Å². The van der Waals surface area contributed by atoms with Crippen LogP contribution >= 0.6 is 29.0 Å². The van der Waals surface area contributed by atoms with Crippen LogP contribution in [0, 0.1) is 84.9 Å². The lowest BCUT2D eigenvalue weighted by Gasteiger charge is -2.41. The monoisotopic (exact) mass is 1040 g/mol. The minimum absolute atomic E-state index is 0.0817. The van der Waals surface area contributed by atoms with Crippen molar-refractivity contribution in [1.29, 1.82) is 0 Å². The summed E-state index contributed by atoms with van der Waals surface area (Å²) in [6, 6.07) is 9.34. The number of aryl methyl sites for hydroxylation is 2. The van der Waals surface area contributed by atoms with Crippen LogP contribution in [0.3, 0.4) is 0 Å². The van der Waals surface area contributed by atoms with Gasteiger partial charge in [-0.05, 0) is 170 Å². The van der Waals surface area contributed by atoms with Gasteiger partial charge in [0.1, 0.15) is 11.5 Å². The standard InChI is InChI=1S/C62H104O6P2S/c1-37(2)47-25-21-41(9)31-53(47)63-69(64-54-32-42(10)22-26-48(54)38(3)4)67-59-51(61(15,16)17)29-45(13)35-57(59)71-58-36-46(14)30-52(62(18,19)20)60(58)68-70(65-55-33-43(11)23-27-49(55)39(5)6)66-56-34-44(12)24-28-50(56)40(7)8/h29-30,35-44,47-50,53-56H,21-28,31-34H2,1-20H3/t41-,42-,43-,44-,47+,48?,49+,50?,53-,54-,55-,56-,69?,70?/m1/s1. The second kappa shape index (κ2) is 25.5. The maximum Gasteiger partial charge on any atom is 0.397 e. The maximum absolute atomic E-state index is 7.61. The van der Waals surface area contributed by atoms with Gasteiger partial charge in [-0.15, -0.1) is 0 Å². The molecule has 4 aliphatic rings. The van der Waals surface area contributed by atoms with Gasteiger partial charge < -0.3 is 9.05 Å². The fourth-order valence-corrected chi connectivity index (χ4v) is 16.9. The first-order chi connectivity index (χ1) is 33.2. The SMILES string of the molecule is Cc1cc(Sc2cc(C)cc(C(C)(C)C)c2OP(O[C@@H]2C[C@H](C)CCC2C(C)C)O[C@@H]2C[C@H](C)CC[C@H]2C(C)C)c(OP(O[C@@H]2C[C@H](C)CCC2C(C)C)O[C@@H]2C[C@H](C)CC[C@H]2C(C)C)c(C(C)(C)C)c1. The molecule has 0 amide bonds. The molecule has 0 radical (unpaired) electrons. The van der Waals surface area contributed by atoms with E-state index in [2.05, 4.69) is 163 Å². The van der Waals surface area contributed by atoms with Crippen molar-refractivity contribution in [1.82, 2.24) is 0 Å². The zero-order chi connectivity index (χ0) is 52.3. The van der Waals surface area contributed by atoms with E-state index in [1.807, 2.05) is 0 Å². The molecular weight excluding hydrogens is 935 g/mol. The Labute approximate surface area is 443 Å². The minimum Gasteiger partial charge on any atom is -0.425 e. The van der Waals surface area contributed by atoms with Crippen LogP contribution in [0.4, 0.5) is 0 Å². The van der Waals surface area contributed by atoms with E-state index in [0.717, 1.165) is 47.0 Å². The topological polar surface area (TPSA) is 55.4 Å². The summed E-state index contributed by atoms with van der Waals surface area (Å²) in [5, 5.41) is 0. The van der Waals surface area contributed by atoms with E-state index in [9.17, 15) is 0 Å². The first-order valence-electron chi connectivity index (χ1n) is 28.8. The Morgan fingerprint density at radius 2 is 0.676 bits per heavy atom. The van der Waals surface area contributed by atoms with Crippen LogP contribution in [0.25, 0.3) is 0 Å². The molecule has 2 aromatic rings. The number of benzene rings is 2. The van der Waals surface area contributed by atoms with E-state index in [-0.39, 0.29) is 35.2 Å². The van der Waals surface area contributed by atoms with E-state index in [1.54, 1.807) is 11.8 Å². The van der Waals surface area contributed by atoms with E-state index in [4.69, 9.17) is 27.1 Å². The summed E-state index contributed by atoms with van der Waals surface area (Å²) >= 11 is 1.77. The predicted molar refractivity (Wildman–Crippen MR) is 304 cm³/mol. The molecule has 4 aliphatic carbocycles. The highest BCUT2D eigenvalue weighted by Gasteiger charge is 2.43. The Kier molecular flexibility index (Phi) is 21.3. The highest BCUT2D eigenvalue weighted by Crippen LogP contribution is 2.58. The quantitative estimate of drug-likeness (QED) is 0.138. The molecule has 6 rings (SSSR count). The summed E-state index contributed by atoms with van der Waals surface area (Å²) in [7, 11) is -3.54. The van der Waals surface area contributed by atoms with Crippen LogP contribution in [0.1, 0.15) is 224 Å². The molecule has 0 spiro atoms. The number of hydrogen-bond acceptors (Lipinski definition) is 7. The van der Waals surface area contributed by atoms with Crippen LogP contribution in [-0.4, -0.2) is 24.4 Å². The normalized spacial score (nSPS) is 31.1. The van der Waals surface area contributed by atoms with Crippen molar-refractivity contribution in [2.45, 2.75) is 261 Å². The third-order valence-corrected chi connectivity index (χ3v) is 20.8. The first kappa shape index (κ1) is 59.3. The lowest BCUT2D eigenvalue weighted by Crippen LogP contribution is -2.36. The fraction of sp³-hybridized carbons (Fsp3) is 0.806. The second-order valence-corrected chi connectivity index (χ2v) is 30.6. The molecule has 14 atom stereocenters. The van der Waals surface area contributed by atoms with Crippen LogP contribution in [0.2, 0.25) is 0 Å². The van der Waals surface area contributed by atoms with Crippen LogP contribution in [0.5, 0.6) is 11.5 Å². The molecule has 0 N–H and O–H groups in total. The molecule has 4 fully saturated rings. The lowest BCUT2D eigenvalue weighted by molar-refractivity contribution is -0.00342. The van der Waals surface area contributed by atoms with E-state index in [1.165, 1.54) is 73.6 Å². The molecule has 0 aromatic heterocycles. The lowest BCUT2D eigenvalue weighted by atomic mass is 9.75. The summed E-state index contributed by atoms with van der Waals surface area (Å²) in [6.45, 7) is 46.9. The average molecular weight is 1040 g/mol. The van der Waals surface area contributed by atoms with Crippen molar-refractivity contribution in [3.05, 3.63) is 46.5 Å². The van der Waals surface area contributed by atoms with Gasteiger partial charge in [0.15, 0.2) is 0 Å². The molecule has 0 heterocycles. The molecule has 4 saturated carbocycles. The van der Waals surface area contributed by atoms with Crippen LogP contribution < -0.4 is 9.05 Å². The molecule has 2 aromatic carbocycles. The number of rotatable bonds is 18. The average Bonchev–Trinajstić information content (AvgIpc) is 3.24. The van der Waals surface area contributed by atoms with E-state index >= 15 is 0 Å². The van der Waals surface area contributed by atoms with Gasteiger partial charge in [-0.3, -0.25) is 18.1 Å². The van der Waals surface area contributed by atoms with Gasteiger partial charge in [0, 0.05) is 11.1 Å². The smallest absolute Gasteiger partial charge is 0.397 e. The Morgan fingerprint density at radius 3 is 0.901 bits per heavy atom. The summed E-state index contributed by atoms with van der Waals surface area (Å²) in [6.07, 6.45) is 14.2. The molecule has 404 valence electrons. The Hall–Kier alpha value is -0.910. The van der Waals surface area contributed by atoms with Crippen molar-refractivity contribution in [3.63, 3.8) is 0 Å². The Bertz CT molecular complexity index is 1780.